The molecule has 4 nitrogen and oxygen atoms in total. The van der Waals surface area contributed by atoms with Crippen LogP contribution in [0.15, 0.2) is 12.2 Å². The fourth-order valence-corrected chi connectivity index (χ4v) is 0.105. The predicted molar refractivity (Wildman–Crippen MR) is 39.4 cm³/mol. The van der Waals surface area contributed by atoms with Crippen LogP contribution in [0.4, 0.5) is 0 Å². The van der Waals surface area contributed by atoms with Crippen LogP contribution >= 0.6 is 0 Å². The lowest BCUT2D eigenvalue weighted by molar-refractivity contribution is 0.342. The number of hydrogen-bond acceptors (Lipinski definition) is 3. The van der Waals surface area contributed by atoms with Gasteiger partial charge in [0.1, 0.15) is 0 Å². The van der Waals surface area contributed by atoms with E-state index in [9.17, 15) is 8.42 Å². The molecule has 10 heavy (non-hydrogen) atoms. The first-order chi connectivity index (χ1) is 4.41. The molecule has 0 fully saturated rings. The van der Waals surface area contributed by atoms with Crippen molar-refractivity contribution in [1.29, 1.82) is 0 Å². The summed E-state index contributed by atoms with van der Waals surface area (Å²) in [6, 6.07) is 0. The monoisotopic (exact) mass is 168 g/mol. The Labute approximate surface area is 60.9 Å². The SMILES string of the molecule is CC=CCO.CS(=O)(=O)O. The summed E-state index contributed by atoms with van der Waals surface area (Å²) in [5.74, 6) is 0. The molecule has 62 valence electrons. The van der Waals surface area contributed by atoms with E-state index in [1.165, 1.54) is 0 Å². The van der Waals surface area contributed by atoms with E-state index in [0.717, 1.165) is 0 Å². The first-order valence-electron chi connectivity index (χ1n) is 2.56. The Kier molecular flexibility index (Phi) is 8.27. The zero-order valence-corrected chi connectivity index (χ0v) is 6.80. The van der Waals surface area contributed by atoms with E-state index >= 15 is 0 Å². The molecule has 0 aliphatic heterocycles. The van der Waals surface area contributed by atoms with Gasteiger partial charge in [-0.05, 0) is 6.92 Å². The third kappa shape index (κ3) is 128. The Balaban J connectivity index is 0. The van der Waals surface area contributed by atoms with Crippen LogP contribution in [-0.4, -0.2) is 30.9 Å². The molecule has 0 aliphatic carbocycles. The Morgan fingerprint density at radius 2 is 1.80 bits per heavy atom. The molecule has 2 N–H and O–H groups in total. The topological polar surface area (TPSA) is 74.6 Å². The second-order valence-corrected chi connectivity index (χ2v) is 2.95. The summed E-state index contributed by atoms with van der Waals surface area (Å²) in [7, 11) is -3.67. The average Bonchev–Trinajstić information content (AvgIpc) is 1.63. The minimum Gasteiger partial charge on any atom is -0.392 e. The lowest BCUT2D eigenvalue weighted by Crippen LogP contribution is -1.88. The van der Waals surface area contributed by atoms with Gasteiger partial charge in [-0.2, -0.15) is 8.42 Å². The summed E-state index contributed by atoms with van der Waals surface area (Å²) in [6.45, 7) is 2.03. The van der Waals surface area contributed by atoms with Gasteiger partial charge in [0.2, 0.25) is 0 Å². The van der Waals surface area contributed by atoms with Crippen LogP contribution in [0.25, 0.3) is 0 Å². The van der Waals surface area contributed by atoms with E-state index in [1.54, 1.807) is 12.2 Å². The van der Waals surface area contributed by atoms with Crippen LogP contribution in [0.2, 0.25) is 0 Å². The summed E-state index contributed by atoms with van der Waals surface area (Å²) in [5, 5.41) is 7.98. The number of rotatable bonds is 1. The summed E-state index contributed by atoms with van der Waals surface area (Å²) in [5.41, 5.74) is 0. The van der Waals surface area contributed by atoms with Crippen molar-refractivity contribution in [3.8, 4) is 0 Å². The van der Waals surface area contributed by atoms with Crippen molar-refractivity contribution in [3.63, 3.8) is 0 Å². The van der Waals surface area contributed by atoms with E-state index in [0.29, 0.717) is 6.26 Å². The minimum absolute atomic E-state index is 0.163. The number of aliphatic hydroxyl groups excluding tert-OH is 1. The fraction of sp³-hybridized carbons (Fsp3) is 0.600. The lowest BCUT2D eigenvalue weighted by atomic mass is 10.6. The molecule has 5 heteroatoms. The fourth-order valence-electron chi connectivity index (χ4n) is 0.105. The zero-order chi connectivity index (χ0) is 8.62. The van der Waals surface area contributed by atoms with Crippen LogP contribution in [0.5, 0.6) is 0 Å². The molecule has 0 atom stereocenters. The molecule has 0 heterocycles. The van der Waals surface area contributed by atoms with E-state index in [2.05, 4.69) is 0 Å². The summed E-state index contributed by atoms with van der Waals surface area (Å²) < 4.78 is 25.9. The Morgan fingerprint density at radius 1 is 1.50 bits per heavy atom. The molecule has 0 saturated heterocycles. The van der Waals surface area contributed by atoms with Crippen molar-refractivity contribution in [2.24, 2.45) is 0 Å². The van der Waals surface area contributed by atoms with Crippen molar-refractivity contribution < 1.29 is 18.1 Å². The molecule has 0 unspecified atom stereocenters. The van der Waals surface area contributed by atoms with Crippen molar-refractivity contribution >= 4 is 10.1 Å². The Hall–Kier alpha value is -0.390. The first-order valence-corrected chi connectivity index (χ1v) is 4.41. The van der Waals surface area contributed by atoms with E-state index in [4.69, 9.17) is 9.66 Å². The normalized spacial score (nSPS) is 10.8. The van der Waals surface area contributed by atoms with Crippen molar-refractivity contribution in [1.82, 2.24) is 0 Å². The molecular weight excluding hydrogens is 156 g/mol. The smallest absolute Gasteiger partial charge is 0.261 e. The molecule has 0 spiro atoms. The highest BCUT2D eigenvalue weighted by Crippen LogP contribution is 1.61. The van der Waals surface area contributed by atoms with Gasteiger partial charge in [0, 0.05) is 0 Å². The third-order valence-electron chi connectivity index (χ3n) is 0.341. The van der Waals surface area contributed by atoms with Crippen molar-refractivity contribution in [3.05, 3.63) is 12.2 Å². The van der Waals surface area contributed by atoms with Gasteiger partial charge in [-0.3, -0.25) is 4.55 Å². The average molecular weight is 168 g/mol. The molecule has 0 aromatic rings. The summed E-state index contributed by atoms with van der Waals surface area (Å²) in [4.78, 5) is 0. The molecule has 0 aromatic heterocycles. The van der Waals surface area contributed by atoms with Crippen LogP contribution in [-0.2, 0) is 10.1 Å². The van der Waals surface area contributed by atoms with Gasteiger partial charge < -0.3 is 5.11 Å². The summed E-state index contributed by atoms with van der Waals surface area (Å²) >= 11 is 0. The lowest BCUT2D eigenvalue weighted by Gasteiger charge is -1.69. The van der Waals surface area contributed by atoms with Crippen LogP contribution in [0.1, 0.15) is 6.92 Å². The van der Waals surface area contributed by atoms with Crippen LogP contribution in [0.3, 0.4) is 0 Å². The van der Waals surface area contributed by atoms with E-state index < -0.39 is 10.1 Å². The van der Waals surface area contributed by atoms with Gasteiger partial charge in [0.25, 0.3) is 10.1 Å². The first kappa shape index (κ1) is 12.3. The quantitative estimate of drug-likeness (QED) is 0.429. The van der Waals surface area contributed by atoms with Crippen LogP contribution < -0.4 is 0 Å². The summed E-state index contributed by atoms with van der Waals surface area (Å²) in [6.07, 6.45) is 4.20. The van der Waals surface area contributed by atoms with Crippen molar-refractivity contribution in [2.75, 3.05) is 12.9 Å². The van der Waals surface area contributed by atoms with Gasteiger partial charge >= 0.3 is 0 Å². The van der Waals surface area contributed by atoms with Gasteiger partial charge in [0.15, 0.2) is 0 Å². The van der Waals surface area contributed by atoms with Gasteiger partial charge in [-0.1, -0.05) is 12.2 Å². The third-order valence-corrected chi connectivity index (χ3v) is 0.341. The highest BCUT2D eigenvalue weighted by atomic mass is 32.2. The van der Waals surface area contributed by atoms with Gasteiger partial charge in [-0.25, -0.2) is 0 Å². The molecule has 0 radical (unpaired) electrons. The molecule has 0 bridgehead atoms. The molecular formula is C5H12O4S. The second kappa shape index (κ2) is 6.73. The standard InChI is InChI=1S/C4H8O.CH4O3S/c1-2-3-4-5;1-5(2,3)4/h2-3,5H,4H2,1H3;1H3,(H,2,3,4). The zero-order valence-electron chi connectivity index (χ0n) is 5.98. The number of hydrogen-bond donors (Lipinski definition) is 2. The van der Waals surface area contributed by atoms with Gasteiger partial charge in [0.05, 0.1) is 12.9 Å². The Bertz CT molecular complexity index is 160. The molecule has 0 aromatic carbocycles. The highest BCUT2D eigenvalue weighted by molar-refractivity contribution is 7.85. The maximum atomic E-state index is 9.19. The molecule has 0 aliphatic rings. The van der Waals surface area contributed by atoms with E-state index in [1.807, 2.05) is 6.92 Å². The Morgan fingerprint density at radius 3 is 1.80 bits per heavy atom. The second-order valence-electron chi connectivity index (χ2n) is 1.48. The molecule has 0 rings (SSSR count). The van der Waals surface area contributed by atoms with Crippen molar-refractivity contribution in [2.45, 2.75) is 6.92 Å². The van der Waals surface area contributed by atoms with E-state index in [-0.39, 0.29) is 6.61 Å². The highest BCUT2D eigenvalue weighted by Gasteiger charge is 1.81. The number of allylic oxidation sites excluding steroid dienone is 1. The largest absolute Gasteiger partial charge is 0.392 e. The molecule has 0 amide bonds. The molecule has 0 saturated carbocycles. The maximum Gasteiger partial charge on any atom is 0.261 e. The van der Waals surface area contributed by atoms with Crippen LogP contribution in [0, 0.1) is 0 Å². The maximum absolute atomic E-state index is 9.19. The number of aliphatic hydroxyl groups is 1. The van der Waals surface area contributed by atoms with Gasteiger partial charge in [-0.15, -0.1) is 0 Å². The minimum atomic E-state index is -3.67. The predicted octanol–water partition coefficient (Wildman–Crippen LogP) is 0.0588.